The maximum atomic E-state index is 10.9. The van der Waals surface area contributed by atoms with Crippen LogP contribution in [0.25, 0.3) is 0 Å². The van der Waals surface area contributed by atoms with Crippen molar-refractivity contribution in [3.63, 3.8) is 0 Å². The molecule has 6 heteroatoms. The highest BCUT2D eigenvalue weighted by Gasteiger charge is 2.22. The lowest BCUT2D eigenvalue weighted by Crippen LogP contribution is -2.41. The summed E-state index contributed by atoms with van der Waals surface area (Å²) in [5.41, 5.74) is 0.105. The molecule has 0 spiro atoms. The van der Waals surface area contributed by atoms with E-state index < -0.39 is 5.97 Å². The van der Waals surface area contributed by atoms with Crippen LogP contribution in [0.15, 0.2) is 18.2 Å². The van der Waals surface area contributed by atoms with Crippen LogP contribution in [-0.2, 0) is 0 Å². The number of carboxylic acid groups (broad SMARTS) is 1. The van der Waals surface area contributed by atoms with Crippen LogP contribution in [0.5, 0.6) is 5.75 Å². The zero-order chi connectivity index (χ0) is 14.7. The van der Waals surface area contributed by atoms with Crippen molar-refractivity contribution in [1.29, 1.82) is 0 Å². The van der Waals surface area contributed by atoms with E-state index in [1.54, 1.807) is 12.1 Å². The minimum atomic E-state index is -1.02. The second-order valence-electron chi connectivity index (χ2n) is 5.39. The molecule has 1 fully saturated rings. The summed E-state index contributed by atoms with van der Waals surface area (Å²) in [6, 6.07) is 5.31. The molecular formula is C15H21Cl2NO3. The number of carbonyl (C=O) groups is 1. The molecule has 1 heterocycles. The average Bonchev–Trinajstić information content (AvgIpc) is 2.39. The Labute approximate surface area is 136 Å². The summed E-state index contributed by atoms with van der Waals surface area (Å²) >= 11 is 5.94. The maximum Gasteiger partial charge on any atom is 0.337 e. The summed E-state index contributed by atoms with van der Waals surface area (Å²) in [5.74, 6) is -0.380. The van der Waals surface area contributed by atoms with Gasteiger partial charge in [-0.25, -0.2) is 4.79 Å². The smallest absolute Gasteiger partial charge is 0.337 e. The van der Waals surface area contributed by atoms with Gasteiger partial charge in [-0.2, -0.15) is 0 Å². The highest BCUT2D eigenvalue weighted by Crippen LogP contribution is 2.25. The van der Waals surface area contributed by atoms with Crippen LogP contribution in [0, 0.1) is 0 Å². The van der Waals surface area contributed by atoms with E-state index in [1.165, 1.54) is 6.07 Å². The molecule has 1 aromatic carbocycles. The van der Waals surface area contributed by atoms with Crippen molar-refractivity contribution in [2.24, 2.45) is 0 Å². The highest BCUT2D eigenvalue weighted by atomic mass is 35.5. The SMILES string of the molecule is CC(C)N1CCC(Oc2ccc(C(=O)O)c(Cl)c2)CC1.Cl. The van der Waals surface area contributed by atoms with Gasteiger partial charge in [0.2, 0.25) is 0 Å². The Morgan fingerprint density at radius 1 is 1.38 bits per heavy atom. The van der Waals surface area contributed by atoms with Gasteiger partial charge in [0.25, 0.3) is 0 Å². The number of benzene rings is 1. The molecule has 1 N–H and O–H groups in total. The van der Waals surface area contributed by atoms with Crippen molar-refractivity contribution in [2.45, 2.75) is 38.8 Å². The Bertz CT molecular complexity index is 486. The molecule has 118 valence electrons. The van der Waals surface area contributed by atoms with Gasteiger partial charge in [0.05, 0.1) is 10.6 Å². The van der Waals surface area contributed by atoms with E-state index in [1.807, 2.05) is 0 Å². The predicted molar refractivity (Wildman–Crippen MR) is 86.0 cm³/mol. The number of aromatic carboxylic acids is 1. The number of nitrogens with zero attached hydrogens (tertiary/aromatic N) is 1. The van der Waals surface area contributed by atoms with E-state index in [4.69, 9.17) is 21.4 Å². The number of hydrogen-bond donors (Lipinski definition) is 1. The summed E-state index contributed by atoms with van der Waals surface area (Å²) in [7, 11) is 0. The Hall–Kier alpha value is -0.970. The molecule has 1 aromatic rings. The van der Waals surface area contributed by atoms with Gasteiger partial charge in [-0.05, 0) is 44.9 Å². The molecule has 1 saturated heterocycles. The molecule has 0 radical (unpaired) electrons. The van der Waals surface area contributed by atoms with E-state index in [-0.39, 0.29) is 29.1 Å². The molecule has 0 aliphatic carbocycles. The second kappa shape index (κ2) is 7.87. The van der Waals surface area contributed by atoms with Gasteiger partial charge in [-0.3, -0.25) is 0 Å². The van der Waals surface area contributed by atoms with Crippen LogP contribution >= 0.6 is 24.0 Å². The van der Waals surface area contributed by atoms with Gasteiger partial charge < -0.3 is 14.7 Å². The number of hydrogen-bond acceptors (Lipinski definition) is 3. The van der Waals surface area contributed by atoms with Crippen molar-refractivity contribution in [1.82, 2.24) is 4.90 Å². The summed E-state index contributed by atoms with van der Waals surface area (Å²) in [4.78, 5) is 13.3. The minimum Gasteiger partial charge on any atom is -0.490 e. The number of halogens is 2. The van der Waals surface area contributed by atoms with Gasteiger partial charge in [0.15, 0.2) is 0 Å². The fourth-order valence-corrected chi connectivity index (χ4v) is 2.70. The molecular weight excluding hydrogens is 313 g/mol. The minimum absolute atomic E-state index is 0. The van der Waals surface area contributed by atoms with Crippen LogP contribution < -0.4 is 4.74 Å². The van der Waals surface area contributed by atoms with Gasteiger partial charge in [-0.15, -0.1) is 12.4 Å². The quantitative estimate of drug-likeness (QED) is 0.912. The van der Waals surface area contributed by atoms with E-state index in [9.17, 15) is 4.79 Å². The van der Waals surface area contributed by atoms with Gasteiger partial charge in [-0.1, -0.05) is 11.6 Å². The van der Waals surface area contributed by atoms with E-state index in [0.29, 0.717) is 11.8 Å². The van der Waals surface area contributed by atoms with Crippen molar-refractivity contribution in [3.8, 4) is 5.75 Å². The van der Waals surface area contributed by atoms with Gasteiger partial charge in [0, 0.05) is 19.1 Å². The van der Waals surface area contributed by atoms with Crippen LogP contribution in [-0.4, -0.2) is 41.2 Å². The normalized spacial score (nSPS) is 16.6. The largest absolute Gasteiger partial charge is 0.490 e. The number of rotatable bonds is 4. The number of ether oxygens (including phenoxy) is 1. The lowest BCUT2D eigenvalue weighted by atomic mass is 10.1. The van der Waals surface area contributed by atoms with Crippen LogP contribution in [0.4, 0.5) is 0 Å². The second-order valence-corrected chi connectivity index (χ2v) is 5.80. The maximum absolute atomic E-state index is 10.9. The lowest BCUT2D eigenvalue weighted by Gasteiger charge is -2.34. The zero-order valence-electron chi connectivity index (χ0n) is 12.2. The first-order valence-corrected chi connectivity index (χ1v) is 7.28. The lowest BCUT2D eigenvalue weighted by molar-refractivity contribution is 0.0697. The van der Waals surface area contributed by atoms with E-state index in [0.717, 1.165) is 25.9 Å². The topological polar surface area (TPSA) is 49.8 Å². The third-order valence-corrected chi connectivity index (χ3v) is 3.99. The standard InChI is InChI=1S/C15H20ClNO3.ClH/c1-10(2)17-7-5-11(6-8-17)20-12-3-4-13(15(18)19)14(16)9-12;/h3-4,9-11H,5-8H2,1-2H3,(H,18,19);1H. The molecule has 0 unspecified atom stereocenters. The summed E-state index contributed by atoms with van der Waals surface area (Å²) in [6.45, 7) is 6.46. The molecule has 2 rings (SSSR count). The van der Waals surface area contributed by atoms with Crippen molar-refractivity contribution in [2.75, 3.05) is 13.1 Å². The zero-order valence-corrected chi connectivity index (χ0v) is 13.8. The Kier molecular flexibility index (Phi) is 6.78. The molecule has 1 aliphatic rings. The highest BCUT2D eigenvalue weighted by molar-refractivity contribution is 6.33. The third-order valence-electron chi connectivity index (χ3n) is 3.68. The summed E-state index contributed by atoms with van der Waals surface area (Å²) in [5, 5.41) is 9.15. The fraction of sp³-hybridized carbons (Fsp3) is 0.533. The van der Waals surface area contributed by atoms with Crippen molar-refractivity contribution in [3.05, 3.63) is 28.8 Å². The predicted octanol–water partition coefficient (Wildman–Crippen LogP) is 3.71. The molecule has 0 aromatic heterocycles. The third kappa shape index (κ3) is 4.77. The fourth-order valence-electron chi connectivity index (χ4n) is 2.45. The first kappa shape index (κ1) is 18.1. The molecule has 0 bridgehead atoms. The molecule has 4 nitrogen and oxygen atoms in total. The average molecular weight is 334 g/mol. The number of likely N-dealkylation sites (tertiary alicyclic amines) is 1. The molecule has 0 saturated carbocycles. The first-order chi connectivity index (χ1) is 9.47. The van der Waals surface area contributed by atoms with Crippen LogP contribution in [0.2, 0.25) is 5.02 Å². The van der Waals surface area contributed by atoms with Crippen molar-refractivity contribution >= 4 is 30.0 Å². The Balaban J connectivity index is 0.00000220. The van der Waals surface area contributed by atoms with E-state index in [2.05, 4.69) is 18.7 Å². The summed E-state index contributed by atoms with van der Waals surface area (Å²) < 4.78 is 5.89. The monoisotopic (exact) mass is 333 g/mol. The molecule has 0 amide bonds. The van der Waals surface area contributed by atoms with Crippen LogP contribution in [0.1, 0.15) is 37.0 Å². The van der Waals surface area contributed by atoms with Gasteiger partial charge >= 0.3 is 5.97 Å². The van der Waals surface area contributed by atoms with E-state index >= 15 is 0 Å². The Morgan fingerprint density at radius 3 is 2.48 bits per heavy atom. The molecule has 1 aliphatic heterocycles. The number of carboxylic acids is 1. The molecule has 0 atom stereocenters. The van der Waals surface area contributed by atoms with Crippen LogP contribution in [0.3, 0.4) is 0 Å². The first-order valence-electron chi connectivity index (χ1n) is 6.91. The number of piperidine rings is 1. The van der Waals surface area contributed by atoms with Gasteiger partial charge in [0.1, 0.15) is 11.9 Å². The summed E-state index contributed by atoms with van der Waals surface area (Å²) in [6.07, 6.45) is 2.14. The Morgan fingerprint density at radius 2 is 2.00 bits per heavy atom. The van der Waals surface area contributed by atoms with Crippen molar-refractivity contribution < 1.29 is 14.6 Å². The molecule has 21 heavy (non-hydrogen) atoms.